The van der Waals surface area contributed by atoms with Crippen molar-refractivity contribution in [2.24, 2.45) is 0 Å². The van der Waals surface area contributed by atoms with Gasteiger partial charge in [0.05, 0.1) is 0 Å². The molecule has 0 aromatic heterocycles. The molecule has 1 aliphatic heterocycles. The van der Waals surface area contributed by atoms with E-state index < -0.39 is 0 Å². The van der Waals surface area contributed by atoms with Crippen LogP contribution in [0.1, 0.15) is 32.6 Å². The van der Waals surface area contributed by atoms with Crippen molar-refractivity contribution >= 4 is 0 Å². The van der Waals surface area contributed by atoms with Crippen LogP contribution in [0.15, 0.2) is 0 Å². The minimum absolute atomic E-state index is 0.633. The van der Waals surface area contributed by atoms with Gasteiger partial charge in [0.15, 0.2) is 0 Å². The van der Waals surface area contributed by atoms with Crippen LogP contribution in [-0.2, 0) is 0 Å². The minimum atomic E-state index is 0.633. The standard InChI is InChI=1S/C13H30N4/c1-13-5-12-16-9-3-8-14-6-2-7-15-10-4-11-17-13/h13-17H,2-12H2,1H3. The Bertz CT molecular complexity index is 147. The van der Waals surface area contributed by atoms with Gasteiger partial charge in [0.1, 0.15) is 0 Å². The van der Waals surface area contributed by atoms with Gasteiger partial charge in [-0.3, -0.25) is 0 Å². The average molecular weight is 242 g/mol. The molecular formula is C13H30N4. The highest BCUT2D eigenvalue weighted by atomic mass is 14.9. The Balaban J connectivity index is 2.09. The highest BCUT2D eigenvalue weighted by molar-refractivity contribution is 4.64. The first-order chi connectivity index (χ1) is 8.39. The molecule has 1 saturated heterocycles. The van der Waals surface area contributed by atoms with Crippen LogP contribution in [0.2, 0.25) is 0 Å². The van der Waals surface area contributed by atoms with E-state index in [1.165, 1.54) is 25.7 Å². The molecule has 17 heavy (non-hydrogen) atoms. The van der Waals surface area contributed by atoms with Gasteiger partial charge in [-0.25, -0.2) is 0 Å². The molecule has 1 rings (SSSR count). The molecule has 4 heteroatoms. The molecule has 4 N–H and O–H groups in total. The summed E-state index contributed by atoms with van der Waals surface area (Å²) in [5.41, 5.74) is 0. The van der Waals surface area contributed by atoms with Crippen molar-refractivity contribution in [2.45, 2.75) is 38.6 Å². The van der Waals surface area contributed by atoms with Gasteiger partial charge in [0, 0.05) is 6.04 Å². The third-order valence-electron chi connectivity index (χ3n) is 3.19. The van der Waals surface area contributed by atoms with E-state index in [4.69, 9.17) is 0 Å². The Labute approximate surface area is 106 Å². The first-order valence-electron chi connectivity index (χ1n) is 7.25. The summed E-state index contributed by atoms with van der Waals surface area (Å²) in [6.07, 6.45) is 4.92. The molecule has 0 aliphatic carbocycles. The fourth-order valence-corrected chi connectivity index (χ4v) is 2.03. The Hall–Kier alpha value is -0.160. The smallest absolute Gasteiger partial charge is 0.00508 e. The molecule has 1 unspecified atom stereocenters. The summed E-state index contributed by atoms with van der Waals surface area (Å²) < 4.78 is 0. The normalized spacial score (nSPS) is 27.7. The van der Waals surface area contributed by atoms with Crippen molar-refractivity contribution in [1.82, 2.24) is 21.3 Å². The molecule has 1 heterocycles. The summed E-state index contributed by atoms with van der Waals surface area (Å²) in [6.45, 7) is 10.2. The molecule has 0 aromatic carbocycles. The Morgan fingerprint density at radius 3 is 1.71 bits per heavy atom. The lowest BCUT2D eigenvalue weighted by atomic mass is 10.2. The van der Waals surface area contributed by atoms with Gasteiger partial charge in [0.2, 0.25) is 0 Å². The Kier molecular flexibility index (Phi) is 9.61. The van der Waals surface area contributed by atoms with Crippen LogP contribution in [0.5, 0.6) is 0 Å². The predicted octanol–water partition coefficient (Wildman–Crippen LogP) is 0.307. The molecule has 4 nitrogen and oxygen atoms in total. The predicted molar refractivity (Wildman–Crippen MR) is 74.5 cm³/mol. The molecule has 0 spiro atoms. The molecule has 0 saturated carbocycles. The number of hydrogen-bond donors (Lipinski definition) is 4. The van der Waals surface area contributed by atoms with Gasteiger partial charge in [-0.15, -0.1) is 0 Å². The number of hydrogen-bond acceptors (Lipinski definition) is 4. The van der Waals surface area contributed by atoms with Crippen molar-refractivity contribution in [1.29, 1.82) is 0 Å². The minimum Gasteiger partial charge on any atom is -0.317 e. The fraction of sp³-hybridized carbons (Fsp3) is 1.00. The summed E-state index contributed by atoms with van der Waals surface area (Å²) in [6, 6.07) is 0.633. The maximum atomic E-state index is 3.57. The highest BCUT2D eigenvalue weighted by Gasteiger charge is 2.00. The van der Waals surface area contributed by atoms with E-state index in [9.17, 15) is 0 Å². The maximum absolute atomic E-state index is 3.57. The zero-order valence-electron chi connectivity index (χ0n) is 11.4. The summed E-state index contributed by atoms with van der Waals surface area (Å²) in [5, 5.41) is 14.1. The molecule has 0 amide bonds. The molecular weight excluding hydrogens is 212 g/mol. The largest absolute Gasteiger partial charge is 0.317 e. The maximum Gasteiger partial charge on any atom is 0.00508 e. The van der Waals surface area contributed by atoms with Gasteiger partial charge in [-0.2, -0.15) is 0 Å². The molecule has 0 radical (unpaired) electrons. The van der Waals surface area contributed by atoms with Crippen LogP contribution in [0.25, 0.3) is 0 Å². The van der Waals surface area contributed by atoms with Crippen LogP contribution in [-0.4, -0.2) is 51.9 Å². The SMILES string of the molecule is CC1CCNCCCNCCCNCCCN1. The van der Waals surface area contributed by atoms with Crippen LogP contribution in [0, 0.1) is 0 Å². The number of nitrogens with one attached hydrogen (secondary N) is 4. The van der Waals surface area contributed by atoms with Gasteiger partial charge in [-0.1, -0.05) is 0 Å². The van der Waals surface area contributed by atoms with Crippen molar-refractivity contribution in [3.05, 3.63) is 0 Å². The van der Waals surface area contributed by atoms with Crippen LogP contribution >= 0.6 is 0 Å². The van der Waals surface area contributed by atoms with Gasteiger partial charge < -0.3 is 21.3 Å². The molecule has 102 valence electrons. The third kappa shape index (κ3) is 9.53. The van der Waals surface area contributed by atoms with Crippen LogP contribution in [0.3, 0.4) is 0 Å². The van der Waals surface area contributed by atoms with Crippen molar-refractivity contribution in [2.75, 3.05) is 45.8 Å². The molecule has 0 bridgehead atoms. The van der Waals surface area contributed by atoms with Crippen molar-refractivity contribution < 1.29 is 0 Å². The first kappa shape index (κ1) is 14.9. The van der Waals surface area contributed by atoms with E-state index in [1.807, 2.05) is 0 Å². The summed E-state index contributed by atoms with van der Waals surface area (Å²) in [4.78, 5) is 0. The Morgan fingerprint density at radius 2 is 1.12 bits per heavy atom. The van der Waals surface area contributed by atoms with Crippen LogP contribution in [0.4, 0.5) is 0 Å². The highest BCUT2D eigenvalue weighted by Crippen LogP contribution is 1.89. The van der Waals surface area contributed by atoms with E-state index in [0.29, 0.717) is 6.04 Å². The number of rotatable bonds is 0. The van der Waals surface area contributed by atoms with Crippen LogP contribution < -0.4 is 21.3 Å². The van der Waals surface area contributed by atoms with E-state index in [1.54, 1.807) is 0 Å². The molecule has 1 fully saturated rings. The molecule has 0 aromatic rings. The second kappa shape index (κ2) is 11.0. The summed E-state index contributed by atoms with van der Waals surface area (Å²) >= 11 is 0. The van der Waals surface area contributed by atoms with Crippen molar-refractivity contribution in [3.8, 4) is 0 Å². The lowest BCUT2D eigenvalue weighted by Crippen LogP contribution is -2.33. The zero-order chi connectivity index (χ0) is 12.2. The molecule has 1 aliphatic rings. The van der Waals surface area contributed by atoms with Gasteiger partial charge in [-0.05, 0) is 78.4 Å². The zero-order valence-corrected chi connectivity index (χ0v) is 11.4. The lowest BCUT2D eigenvalue weighted by Gasteiger charge is -2.15. The topological polar surface area (TPSA) is 48.1 Å². The fourth-order valence-electron chi connectivity index (χ4n) is 2.03. The average Bonchev–Trinajstić information content (AvgIpc) is 2.32. The summed E-state index contributed by atoms with van der Waals surface area (Å²) in [5.74, 6) is 0. The summed E-state index contributed by atoms with van der Waals surface area (Å²) in [7, 11) is 0. The third-order valence-corrected chi connectivity index (χ3v) is 3.19. The lowest BCUT2D eigenvalue weighted by molar-refractivity contribution is 0.470. The van der Waals surface area contributed by atoms with E-state index in [-0.39, 0.29) is 0 Å². The van der Waals surface area contributed by atoms with Crippen molar-refractivity contribution in [3.63, 3.8) is 0 Å². The van der Waals surface area contributed by atoms with Gasteiger partial charge in [0.25, 0.3) is 0 Å². The van der Waals surface area contributed by atoms with E-state index in [0.717, 1.165) is 45.8 Å². The Morgan fingerprint density at radius 1 is 0.647 bits per heavy atom. The quantitative estimate of drug-likeness (QED) is 0.494. The van der Waals surface area contributed by atoms with Gasteiger partial charge >= 0.3 is 0 Å². The first-order valence-corrected chi connectivity index (χ1v) is 7.25. The monoisotopic (exact) mass is 242 g/mol. The van der Waals surface area contributed by atoms with E-state index >= 15 is 0 Å². The molecule has 1 atom stereocenters. The second-order valence-electron chi connectivity index (χ2n) is 4.95. The second-order valence-corrected chi connectivity index (χ2v) is 4.95. The van der Waals surface area contributed by atoms with E-state index in [2.05, 4.69) is 28.2 Å².